The van der Waals surface area contributed by atoms with Gasteiger partial charge in [0.25, 0.3) is 0 Å². The summed E-state index contributed by atoms with van der Waals surface area (Å²) in [5, 5.41) is 3.29. The van der Waals surface area contributed by atoms with Crippen molar-refractivity contribution in [3.63, 3.8) is 0 Å². The Hall–Kier alpha value is -1.18. The molecule has 0 spiro atoms. The van der Waals surface area contributed by atoms with Crippen LogP contribution in [0.5, 0.6) is 0 Å². The van der Waals surface area contributed by atoms with Gasteiger partial charge in [0, 0.05) is 25.7 Å². The summed E-state index contributed by atoms with van der Waals surface area (Å²) in [5.41, 5.74) is 0.134. The van der Waals surface area contributed by atoms with Gasteiger partial charge in [-0.2, -0.15) is 12.7 Å². The fourth-order valence-electron chi connectivity index (χ4n) is 2.82. The normalized spacial score (nSPS) is 26.2. The van der Waals surface area contributed by atoms with Gasteiger partial charge in [-0.3, -0.25) is 4.31 Å². The summed E-state index contributed by atoms with van der Waals surface area (Å²) in [4.78, 5) is 0. The first-order valence-corrected chi connectivity index (χ1v) is 8.24. The molecule has 1 aromatic carbocycles. The Balaban J connectivity index is 1.80. The van der Waals surface area contributed by atoms with Gasteiger partial charge in [0.15, 0.2) is 0 Å². The second kappa shape index (κ2) is 5.31. The lowest BCUT2D eigenvalue weighted by Gasteiger charge is -2.22. The number of nitrogens with one attached hydrogen (secondary N) is 1. The molecule has 5 nitrogen and oxygen atoms in total. The molecule has 3 rings (SSSR count). The van der Waals surface area contributed by atoms with E-state index in [0.29, 0.717) is 19.6 Å². The summed E-state index contributed by atoms with van der Waals surface area (Å²) in [5.74, 6) is -0.503. The minimum Gasteiger partial charge on any atom is -0.313 e. The Morgan fingerprint density at radius 1 is 1.30 bits per heavy atom. The minimum atomic E-state index is -3.60. The zero-order valence-electron chi connectivity index (χ0n) is 11.1. The molecule has 0 saturated carbocycles. The van der Waals surface area contributed by atoms with Crippen LogP contribution in [0.1, 0.15) is 12.8 Å². The molecule has 20 heavy (non-hydrogen) atoms. The summed E-state index contributed by atoms with van der Waals surface area (Å²) in [6.45, 7) is 2.12. The standard InChI is InChI=1S/C13H18FN3O2S/c14-12-5-1-2-6-13(12)17-9-8-16(20(17,18)19)10-11-4-3-7-15-11/h1-2,5-6,11,15H,3-4,7-10H2. The highest BCUT2D eigenvalue weighted by Crippen LogP contribution is 2.27. The van der Waals surface area contributed by atoms with Crippen molar-refractivity contribution >= 4 is 15.9 Å². The van der Waals surface area contributed by atoms with Crippen molar-refractivity contribution in [2.45, 2.75) is 18.9 Å². The quantitative estimate of drug-likeness (QED) is 0.904. The van der Waals surface area contributed by atoms with E-state index in [1.807, 2.05) is 0 Å². The van der Waals surface area contributed by atoms with Gasteiger partial charge >= 0.3 is 10.2 Å². The SMILES string of the molecule is O=S1(=O)N(CC2CCCN2)CCN1c1ccccc1F. The van der Waals surface area contributed by atoms with Crippen molar-refractivity contribution < 1.29 is 12.8 Å². The molecular weight excluding hydrogens is 281 g/mol. The van der Waals surface area contributed by atoms with E-state index >= 15 is 0 Å². The van der Waals surface area contributed by atoms with Crippen LogP contribution < -0.4 is 9.62 Å². The molecule has 0 bridgehead atoms. The molecule has 2 heterocycles. The number of halogens is 1. The van der Waals surface area contributed by atoms with Crippen LogP contribution in [0.15, 0.2) is 24.3 Å². The lowest BCUT2D eigenvalue weighted by atomic mass is 10.2. The monoisotopic (exact) mass is 299 g/mol. The Kier molecular flexibility index (Phi) is 3.66. The molecule has 0 aliphatic carbocycles. The van der Waals surface area contributed by atoms with E-state index in [0.717, 1.165) is 23.7 Å². The van der Waals surface area contributed by atoms with Gasteiger partial charge < -0.3 is 5.32 Å². The van der Waals surface area contributed by atoms with Crippen molar-refractivity contribution in [1.29, 1.82) is 0 Å². The van der Waals surface area contributed by atoms with Gasteiger partial charge in [0.2, 0.25) is 0 Å². The smallest absolute Gasteiger partial charge is 0.304 e. The Morgan fingerprint density at radius 2 is 2.10 bits per heavy atom. The van der Waals surface area contributed by atoms with Crippen LogP contribution in [-0.4, -0.2) is 44.9 Å². The van der Waals surface area contributed by atoms with Crippen LogP contribution in [0.4, 0.5) is 10.1 Å². The van der Waals surface area contributed by atoms with Crippen molar-refractivity contribution in [1.82, 2.24) is 9.62 Å². The molecule has 1 aromatic rings. The first-order valence-electron chi connectivity index (χ1n) is 6.85. The van der Waals surface area contributed by atoms with E-state index < -0.39 is 16.0 Å². The van der Waals surface area contributed by atoms with Crippen LogP contribution in [-0.2, 0) is 10.2 Å². The first kappa shape index (κ1) is 13.8. The van der Waals surface area contributed by atoms with E-state index in [-0.39, 0.29) is 11.7 Å². The maximum atomic E-state index is 13.8. The molecular formula is C13H18FN3O2S. The van der Waals surface area contributed by atoms with Crippen molar-refractivity contribution in [3.05, 3.63) is 30.1 Å². The van der Waals surface area contributed by atoms with E-state index in [4.69, 9.17) is 0 Å². The fourth-order valence-corrected chi connectivity index (χ4v) is 4.48. The topological polar surface area (TPSA) is 52.7 Å². The number of nitrogens with zero attached hydrogens (tertiary/aromatic N) is 2. The predicted molar refractivity (Wildman–Crippen MR) is 75.3 cm³/mol. The van der Waals surface area contributed by atoms with Crippen LogP contribution in [0.2, 0.25) is 0 Å². The number of hydrogen-bond acceptors (Lipinski definition) is 3. The lowest BCUT2D eigenvalue weighted by Crippen LogP contribution is -2.40. The third-order valence-corrected chi connectivity index (χ3v) is 5.79. The molecule has 1 atom stereocenters. The maximum Gasteiger partial charge on any atom is 0.304 e. The van der Waals surface area contributed by atoms with Crippen LogP contribution >= 0.6 is 0 Å². The molecule has 7 heteroatoms. The second-order valence-electron chi connectivity index (χ2n) is 5.18. The number of anilines is 1. The van der Waals surface area contributed by atoms with Gasteiger partial charge in [-0.25, -0.2) is 4.39 Å². The molecule has 0 amide bonds. The zero-order chi connectivity index (χ0) is 14.2. The molecule has 1 N–H and O–H groups in total. The highest BCUT2D eigenvalue weighted by Gasteiger charge is 2.39. The second-order valence-corrected chi connectivity index (χ2v) is 7.04. The Morgan fingerprint density at radius 3 is 2.80 bits per heavy atom. The Bertz CT molecular complexity index is 587. The van der Waals surface area contributed by atoms with Gasteiger partial charge in [-0.15, -0.1) is 0 Å². The molecule has 2 aliphatic rings. The molecule has 110 valence electrons. The van der Waals surface area contributed by atoms with Crippen LogP contribution in [0.3, 0.4) is 0 Å². The summed E-state index contributed by atoms with van der Waals surface area (Å²) in [6, 6.07) is 6.21. The van der Waals surface area contributed by atoms with E-state index in [1.165, 1.54) is 16.4 Å². The number of benzene rings is 1. The van der Waals surface area contributed by atoms with E-state index in [1.54, 1.807) is 12.1 Å². The highest BCUT2D eigenvalue weighted by atomic mass is 32.2. The average molecular weight is 299 g/mol. The van der Waals surface area contributed by atoms with Gasteiger partial charge in [-0.05, 0) is 31.5 Å². The summed E-state index contributed by atoms with van der Waals surface area (Å²) in [6.07, 6.45) is 2.07. The molecule has 1 unspecified atom stereocenters. The maximum absolute atomic E-state index is 13.8. The van der Waals surface area contributed by atoms with Gasteiger partial charge in [0.1, 0.15) is 5.82 Å². The Labute approximate surface area is 118 Å². The van der Waals surface area contributed by atoms with E-state index in [9.17, 15) is 12.8 Å². The zero-order valence-corrected chi connectivity index (χ0v) is 11.9. The first-order chi connectivity index (χ1) is 9.59. The summed E-state index contributed by atoms with van der Waals surface area (Å²) < 4.78 is 41.4. The summed E-state index contributed by atoms with van der Waals surface area (Å²) in [7, 11) is -3.60. The number of rotatable bonds is 3. The highest BCUT2D eigenvalue weighted by molar-refractivity contribution is 7.90. The molecule has 2 fully saturated rings. The third kappa shape index (κ3) is 2.41. The van der Waals surface area contributed by atoms with Crippen molar-refractivity contribution in [2.75, 3.05) is 30.5 Å². The van der Waals surface area contributed by atoms with Crippen LogP contribution in [0.25, 0.3) is 0 Å². The molecule has 0 aromatic heterocycles. The molecule has 2 aliphatic heterocycles. The molecule has 0 radical (unpaired) electrons. The predicted octanol–water partition coefficient (Wildman–Crippen LogP) is 0.944. The lowest BCUT2D eigenvalue weighted by molar-refractivity contribution is 0.398. The van der Waals surface area contributed by atoms with Crippen LogP contribution in [0, 0.1) is 5.82 Å². The third-order valence-electron chi connectivity index (χ3n) is 3.86. The summed E-state index contributed by atoms with van der Waals surface area (Å²) >= 11 is 0. The van der Waals surface area contributed by atoms with Crippen molar-refractivity contribution in [3.8, 4) is 0 Å². The number of para-hydroxylation sites is 1. The van der Waals surface area contributed by atoms with Gasteiger partial charge in [0.05, 0.1) is 5.69 Å². The number of hydrogen-bond donors (Lipinski definition) is 1. The van der Waals surface area contributed by atoms with E-state index in [2.05, 4.69) is 5.32 Å². The average Bonchev–Trinajstić information content (AvgIpc) is 3.01. The fraction of sp³-hybridized carbons (Fsp3) is 0.538. The largest absolute Gasteiger partial charge is 0.313 e. The van der Waals surface area contributed by atoms with Crippen molar-refractivity contribution in [2.24, 2.45) is 0 Å². The molecule has 2 saturated heterocycles. The minimum absolute atomic E-state index is 0.134. The van der Waals surface area contributed by atoms with Gasteiger partial charge in [-0.1, -0.05) is 12.1 Å².